The Morgan fingerprint density at radius 1 is 1.50 bits per heavy atom. The van der Waals surface area contributed by atoms with Crippen LogP contribution in [0.25, 0.3) is 0 Å². The van der Waals surface area contributed by atoms with Crippen LogP contribution in [-0.4, -0.2) is 17.7 Å². The van der Waals surface area contributed by atoms with Crippen LogP contribution < -0.4 is 4.74 Å². The molecule has 3 nitrogen and oxygen atoms in total. The smallest absolute Gasteiger partial charge is 0.339 e. The van der Waals surface area contributed by atoms with Gasteiger partial charge in [-0.15, -0.1) is 0 Å². The molecule has 0 heterocycles. The summed E-state index contributed by atoms with van der Waals surface area (Å²) in [4.78, 5) is 10.6. The standard InChI is InChI=1S/C9H8F2O3/c1-2-14-8-6(9(12)13)3-5(10)4-7(8)11/h3-4H,2H2,1H3,(H,12,13). The minimum absolute atomic E-state index is 0.114. The van der Waals surface area contributed by atoms with Gasteiger partial charge in [0.15, 0.2) is 11.6 Å². The first-order valence-electron chi connectivity index (χ1n) is 3.91. The third kappa shape index (κ3) is 1.99. The molecular formula is C9H8F2O3. The monoisotopic (exact) mass is 202 g/mol. The fraction of sp³-hybridized carbons (Fsp3) is 0.222. The Kier molecular flexibility index (Phi) is 3.01. The zero-order chi connectivity index (χ0) is 10.7. The molecule has 5 heteroatoms. The largest absolute Gasteiger partial charge is 0.490 e. The summed E-state index contributed by atoms with van der Waals surface area (Å²) in [5.41, 5.74) is -0.510. The summed E-state index contributed by atoms with van der Waals surface area (Å²) in [6.45, 7) is 1.69. The van der Waals surface area contributed by atoms with Gasteiger partial charge in [-0.3, -0.25) is 0 Å². The second-order valence-corrected chi connectivity index (χ2v) is 2.50. The molecule has 0 saturated carbocycles. The number of halogens is 2. The summed E-state index contributed by atoms with van der Waals surface area (Å²) in [5, 5.41) is 8.63. The molecule has 0 aliphatic rings. The molecule has 14 heavy (non-hydrogen) atoms. The van der Waals surface area contributed by atoms with Gasteiger partial charge in [-0.05, 0) is 13.0 Å². The van der Waals surface area contributed by atoms with E-state index in [-0.39, 0.29) is 6.61 Å². The summed E-state index contributed by atoms with van der Waals surface area (Å²) in [5.74, 6) is -3.80. The Bertz CT molecular complexity index is 363. The molecule has 1 aromatic rings. The first kappa shape index (κ1) is 10.4. The van der Waals surface area contributed by atoms with E-state index in [1.54, 1.807) is 6.92 Å². The lowest BCUT2D eigenvalue weighted by atomic mass is 10.2. The van der Waals surface area contributed by atoms with Crippen LogP contribution in [0.4, 0.5) is 8.78 Å². The van der Waals surface area contributed by atoms with Gasteiger partial charge in [0.2, 0.25) is 0 Å². The molecule has 0 fully saturated rings. The predicted molar refractivity (Wildman–Crippen MR) is 44.5 cm³/mol. The Morgan fingerprint density at radius 3 is 2.64 bits per heavy atom. The molecule has 0 unspecified atom stereocenters. The molecule has 0 amide bonds. The van der Waals surface area contributed by atoms with Crippen LogP contribution in [0.5, 0.6) is 5.75 Å². The second kappa shape index (κ2) is 4.04. The van der Waals surface area contributed by atoms with Crippen molar-refractivity contribution in [1.82, 2.24) is 0 Å². The van der Waals surface area contributed by atoms with E-state index in [0.717, 1.165) is 6.07 Å². The summed E-state index contributed by atoms with van der Waals surface area (Å²) >= 11 is 0. The van der Waals surface area contributed by atoms with E-state index in [2.05, 4.69) is 0 Å². The molecular weight excluding hydrogens is 194 g/mol. The van der Waals surface area contributed by atoms with Crippen LogP contribution in [0.1, 0.15) is 17.3 Å². The van der Waals surface area contributed by atoms with Gasteiger partial charge in [-0.1, -0.05) is 0 Å². The Morgan fingerprint density at radius 2 is 2.14 bits per heavy atom. The first-order chi connectivity index (χ1) is 6.56. The molecule has 0 atom stereocenters. The summed E-state index contributed by atoms with van der Waals surface area (Å²) in [7, 11) is 0. The highest BCUT2D eigenvalue weighted by Gasteiger charge is 2.17. The Labute approximate surface area is 78.9 Å². The van der Waals surface area contributed by atoms with Crippen molar-refractivity contribution >= 4 is 5.97 Å². The minimum atomic E-state index is -1.42. The zero-order valence-corrected chi connectivity index (χ0v) is 7.38. The highest BCUT2D eigenvalue weighted by molar-refractivity contribution is 5.90. The van der Waals surface area contributed by atoms with Crippen LogP contribution in [0.15, 0.2) is 12.1 Å². The van der Waals surface area contributed by atoms with E-state index in [0.29, 0.717) is 6.07 Å². The van der Waals surface area contributed by atoms with Crippen molar-refractivity contribution in [3.63, 3.8) is 0 Å². The van der Waals surface area contributed by atoms with Crippen molar-refractivity contribution in [1.29, 1.82) is 0 Å². The SMILES string of the molecule is CCOc1c(F)cc(F)cc1C(=O)O. The third-order valence-corrected chi connectivity index (χ3v) is 1.53. The van der Waals surface area contributed by atoms with E-state index in [1.165, 1.54) is 0 Å². The minimum Gasteiger partial charge on any atom is -0.490 e. The second-order valence-electron chi connectivity index (χ2n) is 2.50. The maximum atomic E-state index is 13.0. The van der Waals surface area contributed by atoms with Gasteiger partial charge in [0.1, 0.15) is 11.4 Å². The number of ether oxygens (including phenoxy) is 1. The molecule has 1 N–H and O–H groups in total. The predicted octanol–water partition coefficient (Wildman–Crippen LogP) is 2.06. The van der Waals surface area contributed by atoms with Crippen LogP contribution in [0, 0.1) is 11.6 Å². The van der Waals surface area contributed by atoms with E-state index in [1.807, 2.05) is 0 Å². The maximum absolute atomic E-state index is 13.0. The molecule has 0 saturated heterocycles. The van der Waals surface area contributed by atoms with E-state index < -0.39 is 28.9 Å². The molecule has 0 aliphatic carbocycles. The maximum Gasteiger partial charge on any atom is 0.339 e. The summed E-state index contributed by atoms with van der Waals surface area (Å²) in [6, 6.07) is 1.30. The van der Waals surface area contributed by atoms with E-state index in [4.69, 9.17) is 9.84 Å². The van der Waals surface area contributed by atoms with Crippen molar-refractivity contribution in [2.24, 2.45) is 0 Å². The van der Waals surface area contributed by atoms with Crippen LogP contribution in [-0.2, 0) is 0 Å². The number of rotatable bonds is 3. The van der Waals surface area contributed by atoms with Gasteiger partial charge in [0.25, 0.3) is 0 Å². The number of aromatic carboxylic acids is 1. The number of carboxylic acids is 1. The first-order valence-corrected chi connectivity index (χ1v) is 3.91. The Balaban J connectivity index is 3.28. The zero-order valence-electron chi connectivity index (χ0n) is 7.38. The van der Waals surface area contributed by atoms with Crippen molar-refractivity contribution in [3.8, 4) is 5.75 Å². The van der Waals surface area contributed by atoms with Gasteiger partial charge in [-0.25, -0.2) is 13.6 Å². The number of carbonyl (C=O) groups is 1. The van der Waals surface area contributed by atoms with Crippen LogP contribution in [0.2, 0.25) is 0 Å². The number of benzene rings is 1. The van der Waals surface area contributed by atoms with Crippen LogP contribution >= 0.6 is 0 Å². The molecule has 1 aromatic carbocycles. The molecule has 0 bridgehead atoms. The highest BCUT2D eigenvalue weighted by atomic mass is 19.1. The molecule has 0 aromatic heterocycles. The third-order valence-electron chi connectivity index (χ3n) is 1.53. The van der Waals surface area contributed by atoms with Crippen molar-refractivity contribution < 1.29 is 23.4 Å². The number of hydrogen-bond donors (Lipinski definition) is 1. The highest BCUT2D eigenvalue weighted by Crippen LogP contribution is 2.24. The normalized spacial score (nSPS) is 9.93. The fourth-order valence-electron chi connectivity index (χ4n) is 1.01. The quantitative estimate of drug-likeness (QED) is 0.815. The number of hydrogen-bond acceptors (Lipinski definition) is 2. The Hall–Kier alpha value is -1.65. The molecule has 1 rings (SSSR count). The molecule has 0 radical (unpaired) electrons. The molecule has 0 aliphatic heterocycles. The molecule has 0 spiro atoms. The van der Waals surface area contributed by atoms with Gasteiger partial charge in [0, 0.05) is 6.07 Å². The van der Waals surface area contributed by atoms with Crippen molar-refractivity contribution in [2.45, 2.75) is 6.92 Å². The topological polar surface area (TPSA) is 46.5 Å². The van der Waals surface area contributed by atoms with Gasteiger partial charge in [0.05, 0.1) is 6.61 Å². The van der Waals surface area contributed by atoms with E-state index in [9.17, 15) is 13.6 Å². The van der Waals surface area contributed by atoms with Gasteiger partial charge >= 0.3 is 5.97 Å². The lowest BCUT2D eigenvalue weighted by Crippen LogP contribution is -2.05. The van der Waals surface area contributed by atoms with Crippen molar-refractivity contribution in [2.75, 3.05) is 6.61 Å². The summed E-state index contributed by atoms with van der Waals surface area (Å²) in [6.07, 6.45) is 0. The average molecular weight is 202 g/mol. The molecule has 76 valence electrons. The van der Waals surface area contributed by atoms with Gasteiger partial charge in [-0.2, -0.15) is 0 Å². The van der Waals surface area contributed by atoms with E-state index >= 15 is 0 Å². The summed E-state index contributed by atoms with van der Waals surface area (Å²) < 4.78 is 30.4. The lowest BCUT2D eigenvalue weighted by molar-refractivity contribution is 0.0690. The van der Waals surface area contributed by atoms with Crippen LogP contribution in [0.3, 0.4) is 0 Å². The lowest BCUT2D eigenvalue weighted by Gasteiger charge is -2.07. The number of carboxylic acid groups (broad SMARTS) is 1. The fourth-order valence-corrected chi connectivity index (χ4v) is 1.01. The van der Waals surface area contributed by atoms with Gasteiger partial charge < -0.3 is 9.84 Å². The average Bonchev–Trinajstić information content (AvgIpc) is 2.09. The van der Waals surface area contributed by atoms with Crippen molar-refractivity contribution in [3.05, 3.63) is 29.3 Å².